The third-order valence-corrected chi connectivity index (χ3v) is 1.70. The minimum atomic E-state index is 0. The Kier molecular flexibility index (Phi) is 11.5. The van der Waals surface area contributed by atoms with Gasteiger partial charge in [-0.25, -0.2) is 0 Å². The van der Waals surface area contributed by atoms with Crippen LogP contribution >= 0.6 is 0 Å². The zero-order valence-corrected chi connectivity index (χ0v) is 11.9. The summed E-state index contributed by atoms with van der Waals surface area (Å²) in [6, 6.07) is 0. The van der Waals surface area contributed by atoms with Crippen LogP contribution in [0, 0.1) is 5.92 Å². The van der Waals surface area contributed by atoms with Gasteiger partial charge in [0.25, 0.3) is 0 Å². The first-order valence-electron chi connectivity index (χ1n) is 4.96. The van der Waals surface area contributed by atoms with Crippen LogP contribution in [0.1, 0.15) is 13.8 Å². The van der Waals surface area contributed by atoms with Crippen molar-refractivity contribution in [2.24, 2.45) is 5.92 Å². The van der Waals surface area contributed by atoms with E-state index in [-0.39, 0.29) is 18.3 Å². The number of rotatable bonds is 10. The van der Waals surface area contributed by atoms with Crippen molar-refractivity contribution in [3.8, 4) is 0 Å². The van der Waals surface area contributed by atoms with E-state index in [1.807, 2.05) is 13.8 Å². The molecule has 0 aromatic carbocycles. The molecular weight excluding hydrogens is 455 g/mol. The zero-order valence-electron chi connectivity index (χ0n) is 9.53. The molecule has 0 atom stereocenters. The first-order chi connectivity index (χ1) is 7.18. The van der Waals surface area contributed by atoms with Gasteiger partial charge in [-0.05, 0) is 0 Å². The van der Waals surface area contributed by atoms with Crippen LogP contribution in [-0.2, 0) is 19.1 Å². The van der Waals surface area contributed by atoms with Crippen molar-refractivity contribution in [1.82, 2.24) is 5.32 Å². The number of nitrogens with one attached hydrogen (secondary N) is 1. The summed E-state index contributed by atoms with van der Waals surface area (Å²) in [5.41, 5.74) is 0. The van der Waals surface area contributed by atoms with Crippen LogP contribution in [0.4, 0.5) is 0 Å². The van der Waals surface area contributed by atoms with Crippen molar-refractivity contribution >= 4 is 12.2 Å². The molecular formula is C10H18FmNO4-. The van der Waals surface area contributed by atoms with Gasteiger partial charge in [0.05, 0.1) is 19.8 Å². The molecule has 0 bridgehead atoms. The Morgan fingerprint density at radius 3 is 2.44 bits per heavy atom. The van der Waals surface area contributed by atoms with Gasteiger partial charge in [-0.3, -0.25) is 4.79 Å². The third-order valence-electron chi connectivity index (χ3n) is 1.70. The van der Waals surface area contributed by atoms with E-state index < -0.39 is 0 Å². The van der Waals surface area contributed by atoms with E-state index in [4.69, 9.17) is 9.47 Å². The fourth-order valence-corrected chi connectivity index (χ4v) is 0.734. The predicted molar refractivity (Wildman–Crippen MR) is 55.2 cm³/mol. The van der Waals surface area contributed by atoms with Gasteiger partial charge >= 0.3 is 0 Å². The Morgan fingerprint density at radius 1 is 1.25 bits per heavy atom. The number of ketones is 1. The standard InChI is InChI=1S/C10H18NO4.Fm/c1-9(2)10(13)7-15-6-5-14-4-3-11-8-12;/h9H,3-7H2,1-2H3,(H,11,12);/q-1;. The molecule has 0 aliphatic rings. The summed E-state index contributed by atoms with van der Waals surface area (Å²) in [4.78, 5) is 20.8. The fraction of sp³-hybridized carbons (Fsp3) is 0.800. The number of ether oxygens (including phenoxy) is 2. The van der Waals surface area contributed by atoms with Crippen LogP contribution in [0.15, 0.2) is 0 Å². The van der Waals surface area contributed by atoms with E-state index in [1.54, 1.807) is 6.41 Å². The second-order valence-corrected chi connectivity index (χ2v) is 3.31. The second-order valence-electron chi connectivity index (χ2n) is 3.31. The molecule has 0 aliphatic carbocycles. The van der Waals surface area contributed by atoms with Gasteiger partial charge in [0.1, 0.15) is 6.61 Å². The minimum absolute atomic E-state index is 0. The molecule has 0 saturated carbocycles. The summed E-state index contributed by atoms with van der Waals surface area (Å²) in [7, 11) is 0. The summed E-state index contributed by atoms with van der Waals surface area (Å²) in [5, 5.41) is 2.35. The molecule has 16 heavy (non-hydrogen) atoms. The van der Waals surface area contributed by atoms with Gasteiger partial charge in [-0.1, -0.05) is 13.8 Å². The zero-order chi connectivity index (χ0) is 11.5. The van der Waals surface area contributed by atoms with Gasteiger partial charge in [-0.2, -0.15) is 6.41 Å². The van der Waals surface area contributed by atoms with Crippen LogP contribution in [0.5, 0.6) is 0 Å². The number of amides is 1. The molecule has 0 radical (unpaired) electrons. The normalized spacial score (nSPS) is 9.69. The largest absolute Gasteiger partial charge is 0.528 e. The second kappa shape index (κ2) is 11.1. The molecule has 0 aliphatic heterocycles. The first-order valence-corrected chi connectivity index (χ1v) is 4.96. The molecule has 0 rings (SSSR count). The summed E-state index contributed by atoms with van der Waals surface area (Å²) >= 11 is 0. The molecule has 1 N–H and O–H groups in total. The SMILES string of the molecule is CC(C)C(=O)COCCOCCN[C-]=O.[Fm]. The van der Waals surface area contributed by atoms with E-state index >= 15 is 0 Å². The van der Waals surface area contributed by atoms with Crippen LogP contribution in [0.25, 0.3) is 0 Å². The van der Waals surface area contributed by atoms with Gasteiger partial charge in [0.15, 0.2) is 5.78 Å². The molecule has 1 amide bonds. The number of carbonyl (C=O) groups is 1. The van der Waals surface area contributed by atoms with E-state index in [0.717, 1.165) is 0 Å². The Balaban J connectivity index is 0. The van der Waals surface area contributed by atoms with Crippen LogP contribution < -0.4 is 5.32 Å². The van der Waals surface area contributed by atoms with E-state index in [0.29, 0.717) is 26.4 Å². The number of Topliss-reactive ketones (excluding diaryl/α,β-unsaturated/α-hetero) is 1. The summed E-state index contributed by atoms with van der Waals surface area (Å²) in [6.45, 7) is 5.50. The van der Waals surface area contributed by atoms with Crippen molar-refractivity contribution < 1.29 is 19.1 Å². The van der Waals surface area contributed by atoms with Crippen molar-refractivity contribution in [2.45, 2.75) is 13.8 Å². The molecule has 0 aromatic heterocycles. The molecule has 0 saturated heterocycles. The smallest absolute Gasteiger partial charge is 0.160 e. The van der Waals surface area contributed by atoms with E-state index in [9.17, 15) is 9.59 Å². The Hall–Kier alpha value is -1.94. The summed E-state index contributed by atoms with van der Waals surface area (Å²) in [6.07, 6.45) is 1.54. The molecule has 6 heteroatoms. The molecule has 5 nitrogen and oxygen atoms in total. The van der Waals surface area contributed by atoms with Crippen molar-refractivity contribution in [3.63, 3.8) is 0 Å². The van der Waals surface area contributed by atoms with Gasteiger partial charge in [0, 0.05) is 12.5 Å². The predicted octanol–water partition coefficient (Wildman–Crippen LogP) is -0.0985. The van der Waals surface area contributed by atoms with Gasteiger partial charge in [0.2, 0.25) is 0 Å². The number of carbonyl (C=O) groups excluding carboxylic acids is 2. The quantitative estimate of drug-likeness (QED) is 0.274. The molecule has 0 unspecified atom stereocenters. The van der Waals surface area contributed by atoms with E-state index in [1.165, 1.54) is 0 Å². The van der Waals surface area contributed by atoms with Crippen molar-refractivity contribution in [1.29, 1.82) is 0 Å². The molecule has 0 fully saturated rings. The van der Waals surface area contributed by atoms with Crippen LogP contribution in [0.2, 0.25) is 0 Å². The maximum Gasteiger partial charge on any atom is 0.160 e. The Bertz CT molecular complexity index is 188. The molecule has 100 valence electrons. The summed E-state index contributed by atoms with van der Waals surface area (Å²) < 4.78 is 10.2. The number of hydrogen-bond acceptors (Lipinski definition) is 4. The first kappa shape index (κ1) is 16.5. The molecule has 0 spiro atoms. The molecule has 0 aromatic rings. The third kappa shape index (κ3) is 10.1. The topological polar surface area (TPSA) is 64.6 Å². The van der Waals surface area contributed by atoms with Crippen molar-refractivity contribution in [2.75, 3.05) is 33.0 Å². The fourth-order valence-electron chi connectivity index (χ4n) is 0.734. The Labute approximate surface area is 90.1 Å². The maximum absolute atomic E-state index is 11.1. The average molecular weight is 473 g/mol. The maximum atomic E-state index is 11.1. The Morgan fingerprint density at radius 2 is 1.88 bits per heavy atom. The monoisotopic (exact) mass is 473 g/mol. The minimum Gasteiger partial charge on any atom is -0.528 e. The molecule has 0 heterocycles. The van der Waals surface area contributed by atoms with Crippen LogP contribution in [0.3, 0.4) is 0 Å². The van der Waals surface area contributed by atoms with Gasteiger partial charge in [-0.15, -0.1) is 0 Å². The number of hydrogen-bond donors (Lipinski definition) is 1. The van der Waals surface area contributed by atoms with E-state index in [2.05, 4.69) is 5.32 Å². The van der Waals surface area contributed by atoms with Crippen LogP contribution in [-0.4, -0.2) is 45.2 Å². The van der Waals surface area contributed by atoms with Crippen molar-refractivity contribution in [3.05, 3.63) is 0 Å². The average Bonchev–Trinajstić information content (AvgIpc) is 2.21. The summed E-state index contributed by atoms with van der Waals surface area (Å²) in [5.74, 6) is 0.102. The van der Waals surface area contributed by atoms with Gasteiger partial charge < -0.3 is 19.6 Å².